The van der Waals surface area contributed by atoms with Crippen LogP contribution in [0.2, 0.25) is 0 Å². The predicted molar refractivity (Wildman–Crippen MR) is 48.8 cm³/mol. The number of hydrogen-bond acceptors (Lipinski definition) is 2. The molecule has 0 aliphatic carbocycles. The van der Waals surface area contributed by atoms with Gasteiger partial charge >= 0.3 is 6.36 Å². The van der Waals surface area contributed by atoms with Gasteiger partial charge in [0.15, 0.2) is 0 Å². The molecule has 0 spiro atoms. The fraction of sp³-hybridized carbons (Fsp3) is 0.400. The molecule has 0 saturated heterocycles. The Morgan fingerprint density at radius 2 is 1.65 bits per heavy atom. The molecule has 0 fully saturated rings. The van der Waals surface area contributed by atoms with Crippen LogP contribution in [-0.4, -0.2) is 24.0 Å². The molecule has 0 amide bonds. The van der Waals surface area contributed by atoms with Gasteiger partial charge in [0.2, 0.25) is 0 Å². The zero-order chi connectivity index (χ0) is 13.1. The van der Waals surface area contributed by atoms with Gasteiger partial charge in [-0.05, 0) is 17.7 Å². The average molecular weight is 256 g/mol. The molecule has 96 valence electrons. The molecule has 1 rings (SSSR count). The van der Waals surface area contributed by atoms with Gasteiger partial charge in [-0.3, -0.25) is 0 Å². The summed E-state index contributed by atoms with van der Waals surface area (Å²) in [5.41, 5.74) is 0.298. The van der Waals surface area contributed by atoms with Crippen molar-refractivity contribution in [2.24, 2.45) is 0 Å². The van der Waals surface area contributed by atoms with Gasteiger partial charge in [-0.1, -0.05) is 12.1 Å². The summed E-state index contributed by atoms with van der Waals surface area (Å²) in [5, 5.41) is 8.87. The third kappa shape index (κ3) is 4.99. The molecule has 7 heteroatoms. The number of rotatable bonds is 4. The van der Waals surface area contributed by atoms with Gasteiger partial charge in [0.25, 0.3) is 6.43 Å². The first-order chi connectivity index (χ1) is 7.78. The van der Waals surface area contributed by atoms with Crippen LogP contribution in [0.25, 0.3) is 0 Å². The van der Waals surface area contributed by atoms with Gasteiger partial charge in [0, 0.05) is 6.42 Å². The van der Waals surface area contributed by atoms with E-state index in [1.165, 1.54) is 12.1 Å². The smallest absolute Gasteiger partial charge is 0.406 e. The molecule has 1 aromatic rings. The number of aliphatic hydroxyl groups excluding tert-OH is 1. The lowest BCUT2D eigenvalue weighted by Gasteiger charge is -2.11. The van der Waals surface area contributed by atoms with Gasteiger partial charge in [-0.25, -0.2) is 8.78 Å². The summed E-state index contributed by atoms with van der Waals surface area (Å²) in [6, 6.07) is 4.38. The molecule has 0 saturated carbocycles. The lowest BCUT2D eigenvalue weighted by molar-refractivity contribution is -0.274. The van der Waals surface area contributed by atoms with Crippen LogP contribution in [0.4, 0.5) is 22.0 Å². The lowest BCUT2D eigenvalue weighted by Crippen LogP contribution is -2.20. The largest absolute Gasteiger partial charge is 0.573 e. The first-order valence-electron chi connectivity index (χ1n) is 4.59. The van der Waals surface area contributed by atoms with Crippen LogP contribution >= 0.6 is 0 Å². The fourth-order valence-corrected chi connectivity index (χ4v) is 1.16. The van der Waals surface area contributed by atoms with E-state index in [2.05, 4.69) is 4.74 Å². The second-order valence-corrected chi connectivity index (χ2v) is 3.30. The minimum Gasteiger partial charge on any atom is -0.406 e. The topological polar surface area (TPSA) is 29.5 Å². The van der Waals surface area contributed by atoms with E-state index in [9.17, 15) is 22.0 Å². The Morgan fingerprint density at radius 1 is 1.12 bits per heavy atom. The summed E-state index contributed by atoms with van der Waals surface area (Å²) < 4.78 is 63.0. The van der Waals surface area contributed by atoms with Crippen molar-refractivity contribution < 1.29 is 31.8 Å². The number of halogens is 5. The molecule has 1 atom stereocenters. The summed E-state index contributed by atoms with van der Waals surface area (Å²) in [4.78, 5) is 0. The van der Waals surface area contributed by atoms with Crippen molar-refractivity contribution in [2.45, 2.75) is 25.3 Å². The van der Waals surface area contributed by atoms with Gasteiger partial charge in [0.05, 0.1) is 0 Å². The second-order valence-electron chi connectivity index (χ2n) is 3.30. The van der Waals surface area contributed by atoms with Crippen LogP contribution in [0.5, 0.6) is 5.75 Å². The quantitative estimate of drug-likeness (QED) is 0.839. The van der Waals surface area contributed by atoms with Gasteiger partial charge in [0.1, 0.15) is 11.9 Å². The van der Waals surface area contributed by atoms with Crippen molar-refractivity contribution in [3.05, 3.63) is 29.8 Å². The molecule has 0 heterocycles. The molecular formula is C10H9F5O2. The number of aliphatic hydroxyl groups is 1. The van der Waals surface area contributed by atoms with Crippen LogP contribution in [0.1, 0.15) is 5.56 Å². The van der Waals surface area contributed by atoms with E-state index in [1.54, 1.807) is 0 Å². The molecule has 0 aliphatic rings. The third-order valence-electron chi connectivity index (χ3n) is 1.89. The van der Waals surface area contributed by atoms with Crippen LogP contribution in [-0.2, 0) is 6.42 Å². The van der Waals surface area contributed by atoms with E-state index in [-0.39, 0.29) is 6.42 Å². The van der Waals surface area contributed by atoms with Gasteiger partial charge in [-0.15, -0.1) is 13.2 Å². The molecule has 0 radical (unpaired) electrons. The third-order valence-corrected chi connectivity index (χ3v) is 1.89. The molecular weight excluding hydrogens is 247 g/mol. The summed E-state index contributed by atoms with van der Waals surface area (Å²) in [5.74, 6) is -0.437. The highest BCUT2D eigenvalue weighted by atomic mass is 19.4. The Hall–Kier alpha value is -1.37. The zero-order valence-corrected chi connectivity index (χ0v) is 8.42. The molecule has 2 nitrogen and oxygen atoms in total. The maximum atomic E-state index is 12.0. The molecule has 1 unspecified atom stereocenters. The Bertz CT molecular complexity index is 347. The highest BCUT2D eigenvalue weighted by Crippen LogP contribution is 2.23. The lowest BCUT2D eigenvalue weighted by atomic mass is 10.1. The number of alkyl halides is 5. The van der Waals surface area contributed by atoms with Gasteiger partial charge in [-0.2, -0.15) is 0 Å². The first kappa shape index (κ1) is 13.7. The average Bonchev–Trinajstić information content (AvgIpc) is 2.18. The molecule has 0 aromatic heterocycles. The van der Waals surface area contributed by atoms with Crippen molar-refractivity contribution >= 4 is 0 Å². The van der Waals surface area contributed by atoms with Crippen molar-refractivity contribution in [1.82, 2.24) is 0 Å². The van der Waals surface area contributed by atoms with Crippen LogP contribution < -0.4 is 4.74 Å². The van der Waals surface area contributed by atoms with E-state index in [0.29, 0.717) is 5.56 Å². The summed E-state index contributed by atoms with van der Waals surface area (Å²) in [6.45, 7) is 0. The van der Waals surface area contributed by atoms with Crippen LogP contribution in [0, 0.1) is 0 Å². The maximum Gasteiger partial charge on any atom is 0.573 e. The Kier molecular flexibility index (Phi) is 4.28. The monoisotopic (exact) mass is 256 g/mol. The number of benzene rings is 1. The van der Waals surface area contributed by atoms with Crippen molar-refractivity contribution in [3.63, 3.8) is 0 Å². The van der Waals surface area contributed by atoms with E-state index in [4.69, 9.17) is 5.11 Å². The Balaban J connectivity index is 2.62. The predicted octanol–water partition coefficient (Wildman–Crippen LogP) is 2.75. The van der Waals surface area contributed by atoms with E-state index >= 15 is 0 Å². The second kappa shape index (κ2) is 5.31. The molecule has 1 N–H and O–H groups in total. The van der Waals surface area contributed by atoms with E-state index in [0.717, 1.165) is 12.1 Å². The van der Waals surface area contributed by atoms with Crippen molar-refractivity contribution in [1.29, 1.82) is 0 Å². The van der Waals surface area contributed by atoms with Crippen LogP contribution in [0.15, 0.2) is 24.3 Å². The SMILES string of the molecule is OC(Cc1ccc(OC(F)(F)F)cc1)C(F)F. The normalized spacial score (nSPS) is 13.8. The zero-order valence-electron chi connectivity index (χ0n) is 8.42. The summed E-state index contributed by atoms with van der Waals surface area (Å²) in [7, 11) is 0. The Labute approximate surface area is 93.6 Å². The van der Waals surface area contributed by atoms with Gasteiger partial charge < -0.3 is 9.84 Å². The van der Waals surface area contributed by atoms with Crippen molar-refractivity contribution in [2.75, 3.05) is 0 Å². The number of hydrogen-bond donors (Lipinski definition) is 1. The van der Waals surface area contributed by atoms with Crippen LogP contribution in [0.3, 0.4) is 0 Å². The Morgan fingerprint density at radius 3 is 2.06 bits per heavy atom. The first-order valence-corrected chi connectivity index (χ1v) is 4.59. The molecule has 17 heavy (non-hydrogen) atoms. The maximum absolute atomic E-state index is 12.0. The molecule has 0 aliphatic heterocycles. The number of ether oxygens (including phenoxy) is 1. The highest BCUT2D eigenvalue weighted by Gasteiger charge is 2.31. The highest BCUT2D eigenvalue weighted by molar-refractivity contribution is 5.27. The van der Waals surface area contributed by atoms with Crippen molar-refractivity contribution in [3.8, 4) is 5.75 Å². The summed E-state index contributed by atoms with van der Waals surface area (Å²) >= 11 is 0. The fourth-order valence-electron chi connectivity index (χ4n) is 1.16. The summed E-state index contributed by atoms with van der Waals surface area (Å²) in [6.07, 6.45) is -9.83. The van der Waals surface area contributed by atoms with E-state index in [1.807, 2.05) is 0 Å². The van der Waals surface area contributed by atoms with E-state index < -0.39 is 24.6 Å². The molecule has 0 bridgehead atoms. The minimum atomic E-state index is -4.79. The minimum absolute atomic E-state index is 0.298. The standard InChI is InChI=1S/C10H9F5O2/c11-9(12)8(16)5-6-1-3-7(4-2-6)17-10(13,14)15/h1-4,8-9,16H,5H2. The molecule has 1 aromatic carbocycles.